The number of nitrogens with zero attached hydrogens (tertiary/aromatic N) is 1. The van der Waals surface area contributed by atoms with Crippen LogP contribution in [0.4, 0.5) is 0 Å². The van der Waals surface area contributed by atoms with Crippen LogP contribution in [0.1, 0.15) is 0 Å². The molecule has 0 fully saturated rings. The summed E-state index contributed by atoms with van der Waals surface area (Å²) < 4.78 is 13.5. The van der Waals surface area contributed by atoms with Crippen LogP contribution in [0.15, 0.2) is 17.6 Å². The van der Waals surface area contributed by atoms with Crippen LogP contribution in [0.3, 0.4) is 0 Å². The summed E-state index contributed by atoms with van der Waals surface area (Å²) >= 11 is 0. The molecule has 1 rings (SSSR count). The molecular formula is C3H4ClNOS. The first kappa shape index (κ1) is 6.88. The average molecular weight is 138 g/mol. The molecule has 0 bridgehead atoms. The van der Waals surface area contributed by atoms with Gasteiger partial charge in [0, 0.05) is 6.07 Å². The number of aromatic nitrogens is 1. The molecule has 7 heavy (non-hydrogen) atoms. The fourth-order valence-electron chi connectivity index (χ4n) is 0.233. The van der Waals surface area contributed by atoms with Crippen molar-refractivity contribution in [3.63, 3.8) is 0 Å². The van der Waals surface area contributed by atoms with Gasteiger partial charge in [0.25, 0.3) is 0 Å². The first-order valence-electron chi connectivity index (χ1n) is 1.51. The first-order valence-corrected chi connectivity index (χ1v) is 2.68. The van der Waals surface area contributed by atoms with Gasteiger partial charge in [-0.1, -0.05) is 0 Å². The van der Waals surface area contributed by atoms with E-state index in [1.54, 1.807) is 6.07 Å². The molecule has 2 nitrogen and oxygen atoms in total. The van der Waals surface area contributed by atoms with Gasteiger partial charge >= 0.3 is 0 Å². The van der Waals surface area contributed by atoms with Crippen LogP contribution < -0.4 is 0 Å². The number of rotatable bonds is 0. The minimum atomic E-state index is -1.03. The molecule has 0 aliphatic heterocycles. The van der Waals surface area contributed by atoms with Gasteiger partial charge in [-0.05, 0) is 4.37 Å². The van der Waals surface area contributed by atoms with E-state index in [1.165, 1.54) is 11.6 Å². The quantitative estimate of drug-likeness (QED) is 0.505. The molecule has 0 N–H and O–H groups in total. The Morgan fingerprint density at radius 3 is 2.43 bits per heavy atom. The van der Waals surface area contributed by atoms with Crippen molar-refractivity contribution < 1.29 is 4.55 Å². The zero-order valence-corrected chi connectivity index (χ0v) is 5.04. The summed E-state index contributed by atoms with van der Waals surface area (Å²) in [6, 6.07) is 1.66. The van der Waals surface area contributed by atoms with Gasteiger partial charge in [-0.15, -0.1) is 12.4 Å². The molecule has 1 aromatic heterocycles. The van der Waals surface area contributed by atoms with E-state index in [0.29, 0.717) is 0 Å². The lowest BCUT2D eigenvalue weighted by atomic mass is 10.8. The highest BCUT2D eigenvalue weighted by atomic mass is 35.5. The van der Waals surface area contributed by atoms with Crippen LogP contribution in [0.5, 0.6) is 0 Å². The van der Waals surface area contributed by atoms with Gasteiger partial charge in [0.2, 0.25) is 0 Å². The van der Waals surface area contributed by atoms with Gasteiger partial charge in [0.1, 0.15) is 0 Å². The van der Waals surface area contributed by atoms with Crippen LogP contribution in [0, 0.1) is 0 Å². The molecule has 1 aromatic rings. The predicted octanol–water partition coefficient (Wildman–Crippen LogP) is 1.23. The lowest BCUT2D eigenvalue weighted by Gasteiger charge is -1.71. The molecule has 0 amide bonds. The molecule has 1 atom stereocenters. The van der Waals surface area contributed by atoms with Gasteiger partial charge in [-0.25, -0.2) is 0 Å². The summed E-state index contributed by atoms with van der Waals surface area (Å²) in [7, 11) is -1.03. The summed E-state index contributed by atoms with van der Waals surface area (Å²) in [4.78, 5) is 0. The van der Waals surface area contributed by atoms with Crippen LogP contribution in [0.2, 0.25) is 0 Å². The second-order valence-electron chi connectivity index (χ2n) is 0.859. The lowest BCUT2D eigenvalue weighted by molar-refractivity contribution is 0.591. The Bertz CT molecular complexity index is 118. The predicted molar refractivity (Wildman–Crippen MR) is 30.1 cm³/mol. The van der Waals surface area contributed by atoms with Crippen LogP contribution in [0.25, 0.3) is 0 Å². The third kappa shape index (κ3) is 1.87. The fraction of sp³-hybridized carbons (Fsp3) is 0. The van der Waals surface area contributed by atoms with Crippen molar-refractivity contribution in [1.29, 1.82) is 0 Å². The Morgan fingerprint density at radius 2 is 2.29 bits per heavy atom. The number of halogens is 1. The minimum absolute atomic E-state index is 0. The molecule has 0 aliphatic rings. The summed E-state index contributed by atoms with van der Waals surface area (Å²) in [5, 5.41) is 1.53. The van der Waals surface area contributed by atoms with Crippen LogP contribution >= 0.6 is 23.4 Å². The first-order chi connectivity index (χ1) is 2.89. The van der Waals surface area contributed by atoms with E-state index in [2.05, 4.69) is 4.37 Å². The normalized spacial score (nSPS) is 10.1. The van der Waals surface area contributed by atoms with E-state index in [9.17, 15) is 4.55 Å². The van der Waals surface area contributed by atoms with Gasteiger partial charge in [-0.3, -0.25) is 0 Å². The summed E-state index contributed by atoms with van der Waals surface area (Å²) in [6.07, 6.45) is 1.52. The second kappa shape index (κ2) is 2.96. The smallest absolute Gasteiger partial charge is 0.163 e. The Labute approximate surface area is 50.6 Å². The standard InChI is InChI=1S/C3H3NOS.ClH/c5-6-3-1-2-4-6;/h1-3H;1H. The van der Waals surface area contributed by atoms with Crippen LogP contribution in [-0.2, 0) is 0 Å². The highest BCUT2D eigenvalue weighted by molar-refractivity contribution is 7.17. The van der Waals surface area contributed by atoms with Gasteiger partial charge < -0.3 is 4.55 Å². The van der Waals surface area contributed by atoms with Crippen molar-refractivity contribution in [2.45, 2.75) is 0 Å². The third-order valence-corrected chi connectivity index (χ3v) is 1.17. The summed E-state index contributed by atoms with van der Waals surface area (Å²) in [6.45, 7) is 0. The maximum absolute atomic E-state index is 10.1. The van der Waals surface area contributed by atoms with Gasteiger partial charge in [0.05, 0.1) is 17.1 Å². The molecule has 0 aromatic carbocycles. The zero-order valence-electron chi connectivity index (χ0n) is 3.40. The average Bonchev–Trinajstić information content (AvgIpc) is 1.86. The number of hydrogen-bond acceptors (Lipinski definition) is 2. The molecule has 4 heteroatoms. The van der Waals surface area contributed by atoms with Crippen molar-refractivity contribution in [1.82, 2.24) is 4.37 Å². The highest BCUT2D eigenvalue weighted by Gasteiger charge is 1.80. The fourth-order valence-corrected chi connectivity index (χ4v) is 0.698. The molecule has 0 radical (unpaired) electrons. The Balaban J connectivity index is 0.000000360. The monoisotopic (exact) mass is 137 g/mol. The molecule has 0 spiro atoms. The Kier molecular flexibility index (Phi) is 2.91. The zero-order chi connectivity index (χ0) is 4.41. The van der Waals surface area contributed by atoms with E-state index < -0.39 is 10.9 Å². The van der Waals surface area contributed by atoms with E-state index in [-0.39, 0.29) is 12.4 Å². The Morgan fingerprint density at radius 1 is 1.57 bits per heavy atom. The van der Waals surface area contributed by atoms with Gasteiger partial charge in [-0.2, -0.15) is 0 Å². The molecule has 0 saturated heterocycles. The molecular weight excluding hydrogens is 134 g/mol. The molecule has 40 valence electrons. The Hall–Kier alpha value is -0.120. The van der Waals surface area contributed by atoms with Crippen molar-refractivity contribution in [2.75, 3.05) is 0 Å². The maximum Gasteiger partial charge on any atom is 0.163 e. The summed E-state index contributed by atoms with van der Waals surface area (Å²) in [5.74, 6) is 0. The van der Waals surface area contributed by atoms with E-state index in [4.69, 9.17) is 0 Å². The number of hydrogen-bond donors (Lipinski definition) is 0. The van der Waals surface area contributed by atoms with Crippen molar-refractivity contribution >= 4 is 23.4 Å². The highest BCUT2D eigenvalue weighted by Crippen LogP contribution is 2.00. The molecule has 0 aliphatic carbocycles. The molecule has 1 unspecified atom stereocenters. The maximum atomic E-state index is 10.1. The van der Waals surface area contributed by atoms with Crippen LogP contribution in [-0.4, -0.2) is 8.93 Å². The van der Waals surface area contributed by atoms with Crippen molar-refractivity contribution in [3.8, 4) is 0 Å². The van der Waals surface area contributed by atoms with E-state index in [0.717, 1.165) is 0 Å². The second-order valence-corrected chi connectivity index (χ2v) is 1.89. The lowest BCUT2D eigenvalue weighted by Crippen LogP contribution is -1.50. The summed E-state index contributed by atoms with van der Waals surface area (Å²) in [5.41, 5.74) is 0. The topological polar surface area (TPSA) is 36.0 Å². The largest absolute Gasteiger partial charge is 0.569 e. The van der Waals surface area contributed by atoms with Crippen molar-refractivity contribution in [2.24, 2.45) is 0 Å². The SMILES string of the molecule is Cl.[O-][s+]1cccn1. The van der Waals surface area contributed by atoms with E-state index in [1.807, 2.05) is 0 Å². The van der Waals surface area contributed by atoms with Gasteiger partial charge in [0.15, 0.2) is 5.38 Å². The third-order valence-electron chi connectivity index (χ3n) is 0.446. The molecule has 1 heterocycles. The van der Waals surface area contributed by atoms with E-state index >= 15 is 0 Å². The minimum Gasteiger partial charge on any atom is -0.569 e. The van der Waals surface area contributed by atoms with Crippen molar-refractivity contribution in [3.05, 3.63) is 17.6 Å². The molecule has 0 saturated carbocycles.